The molecule has 0 aromatic rings. The van der Waals surface area contributed by atoms with Gasteiger partial charge in [-0.2, -0.15) is 0 Å². The van der Waals surface area contributed by atoms with Gasteiger partial charge in [0.1, 0.15) is 18.3 Å². The fourth-order valence-corrected chi connectivity index (χ4v) is 1.03. The largest absolute Gasteiger partial charge is 0.388 e. The molecule has 5 heteroatoms. The van der Waals surface area contributed by atoms with E-state index in [0.29, 0.717) is 0 Å². The van der Waals surface area contributed by atoms with Crippen molar-refractivity contribution < 1.29 is 25.2 Å². The third-order valence-electron chi connectivity index (χ3n) is 1.83. The summed E-state index contributed by atoms with van der Waals surface area (Å²) in [5, 5.41) is 36.0. The molecule has 0 aromatic carbocycles. The second-order valence-electron chi connectivity index (χ2n) is 2.70. The molecule has 4 N–H and O–H groups in total. The zero-order valence-corrected chi connectivity index (χ0v) is 6.08. The molecule has 0 amide bonds. The molecule has 0 saturated carbocycles. The van der Waals surface area contributed by atoms with Crippen LogP contribution < -0.4 is 0 Å². The Hall–Kier alpha value is -0.200. The molecule has 66 valence electrons. The van der Waals surface area contributed by atoms with E-state index in [1.807, 2.05) is 0 Å². The molecule has 0 aliphatic carbocycles. The van der Waals surface area contributed by atoms with E-state index in [2.05, 4.69) is 4.74 Å². The topological polar surface area (TPSA) is 90.2 Å². The van der Waals surface area contributed by atoms with E-state index in [0.717, 1.165) is 0 Å². The zero-order chi connectivity index (χ0) is 8.59. The number of aliphatic hydroxyl groups excluding tert-OH is 4. The fourth-order valence-electron chi connectivity index (χ4n) is 1.03. The van der Waals surface area contributed by atoms with Crippen LogP contribution >= 0.6 is 0 Å². The van der Waals surface area contributed by atoms with Gasteiger partial charge in [-0.15, -0.1) is 0 Å². The van der Waals surface area contributed by atoms with Gasteiger partial charge in [-0.3, -0.25) is 0 Å². The first-order valence-electron chi connectivity index (χ1n) is 3.41. The maximum absolute atomic E-state index is 9.09. The normalized spacial score (nSPS) is 52.6. The lowest BCUT2D eigenvalue weighted by atomic mass is 10.0. The van der Waals surface area contributed by atoms with Crippen molar-refractivity contribution in [2.45, 2.75) is 37.6 Å². The van der Waals surface area contributed by atoms with Gasteiger partial charge in [-0.1, -0.05) is 0 Å². The Kier molecular flexibility index (Phi) is 2.46. The summed E-state index contributed by atoms with van der Waals surface area (Å²) in [6.45, 7) is 1.50. The van der Waals surface area contributed by atoms with Crippen molar-refractivity contribution in [1.29, 1.82) is 0 Å². The first-order valence-corrected chi connectivity index (χ1v) is 3.41. The Bertz CT molecular complexity index is 125. The van der Waals surface area contributed by atoms with Crippen LogP contribution in [0.2, 0.25) is 0 Å². The molecule has 1 saturated heterocycles. The smallest absolute Gasteiger partial charge is 0.183 e. The van der Waals surface area contributed by atoms with Gasteiger partial charge in [0.25, 0.3) is 0 Å². The second-order valence-corrected chi connectivity index (χ2v) is 2.70. The molecule has 0 bridgehead atoms. The maximum Gasteiger partial charge on any atom is 0.183 e. The summed E-state index contributed by atoms with van der Waals surface area (Å²) in [4.78, 5) is 0. The molecule has 1 heterocycles. The molecule has 5 atom stereocenters. The van der Waals surface area contributed by atoms with Crippen LogP contribution in [0.25, 0.3) is 0 Å². The predicted octanol–water partition coefficient (Wildman–Crippen LogP) is -2.19. The highest BCUT2D eigenvalue weighted by molar-refractivity contribution is 4.86. The first kappa shape index (κ1) is 8.89. The fraction of sp³-hybridized carbons (Fsp3) is 1.00. The first-order chi connectivity index (χ1) is 5.04. The molecule has 1 rings (SSSR count). The van der Waals surface area contributed by atoms with Gasteiger partial charge in [0.2, 0.25) is 0 Å². The Labute approximate surface area is 63.8 Å². The molecule has 1 aliphatic heterocycles. The monoisotopic (exact) mass is 164 g/mol. The van der Waals surface area contributed by atoms with Crippen LogP contribution in [0.3, 0.4) is 0 Å². The molecule has 0 radical (unpaired) electrons. The van der Waals surface area contributed by atoms with E-state index in [9.17, 15) is 0 Å². The molecular weight excluding hydrogens is 152 g/mol. The van der Waals surface area contributed by atoms with Crippen LogP contribution in [0, 0.1) is 0 Å². The molecule has 0 unspecified atom stereocenters. The molecular formula is C6H12O5. The number of hydrogen-bond acceptors (Lipinski definition) is 5. The molecule has 0 aromatic heterocycles. The van der Waals surface area contributed by atoms with Gasteiger partial charge in [-0.25, -0.2) is 0 Å². The average Bonchev–Trinajstić information content (AvgIpc) is 1.97. The van der Waals surface area contributed by atoms with Gasteiger partial charge >= 0.3 is 0 Å². The Balaban J connectivity index is 2.63. The third-order valence-corrected chi connectivity index (χ3v) is 1.83. The summed E-state index contributed by atoms with van der Waals surface area (Å²) in [6.07, 6.45) is -5.99. The number of ether oxygens (including phenoxy) is 1. The van der Waals surface area contributed by atoms with Crippen LogP contribution in [-0.2, 0) is 4.74 Å². The minimum absolute atomic E-state index is 0.664. The molecule has 1 aliphatic rings. The number of rotatable bonds is 0. The summed E-state index contributed by atoms with van der Waals surface area (Å²) >= 11 is 0. The predicted molar refractivity (Wildman–Crippen MR) is 34.6 cm³/mol. The van der Waals surface area contributed by atoms with E-state index >= 15 is 0 Å². The summed E-state index contributed by atoms with van der Waals surface area (Å²) in [6, 6.07) is 0. The van der Waals surface area contributed by atoms with Crippen molar-refractivity contribution in [2.75, 3.05) is 0 Å². The van der Waals surface area contributed by atoms with E-state index < -0.39 is 30.7 Å². The van der Waals surface area contributed by atoms with Crippen molar-refractivity contribution in [3.8, 4) is 0 Å². The van der Waals surface area contributed by atoms with Gasteiger partial charge in [0, 0.05) is 0 Å². The zero-order valence-electron chi connectivity index (χ0n) is 6.08. The minimum atomic E-state index is -1.43. The van der Waals surface area contributed by atoms with Gasteiger partial charge in [-0.05, 0) is 6.92 Å². The van der Waals surface area contributed by atoms with Gasteiger partial charge < -0.3 is 25.2 Å². The summed E-state index contributed by atoms with van der Waals surface area (Å²) in [5.74, 6) is 0. The van der Waals surface area contributed by atoms with Crippen molar-refractivity contribution >= 4 is 0 Å². The van der Waals surface area contributed by atoms with Crippen LogP contribution in [0.5, 0.6) is 0 Å². The van der Waals surface area contributed by atoms with Crippen molar-refractivity contribution in [3.63, 3.8) is 0 Å². The highest BCUT2D eigenvalue weighted by Crippen LogP contribution is 2.18. The SMILES string of the molecule is C[C@@H]1O[C@H](O)[C@@H](O)[C@@H](O)[C@@H]1O. The van der Waals surface area contributed by atoms with Crippen LogP contribution in [-0.4, -0.2) is 51.1 Å². The average molecular weight is 164 g/mol. The lowest BCUT2D eigenvalue weighted by Crippen LogP contribution is -2.56. The Morgan fingerprint density at radius 3 is 2.00 bits per heavy atom. The van der Waals surface area contributed by atoms with E-state index in [4.69, 9.17) is 20.4 Å². The lowest BCUT2D eigenvalue weighted by Gasteiger charge is -2.36. The van der Waals surface area contributed by atoms with Crippen molar-refractivity contribution in [2.24, 2.45) is 0 Å². The van der Waals surface area contributed by atoms with Crippen LogP contribution in [0.15, 0.2) is 0 Å². The highest BCUT2D eigenvalue weighted by Gasteiger charge is 2.40. The summed E-state index contributed by atoms with van der Waals surface area (Å²) in [7, 11) is 0. The van der Waals surface area contributed by atoms with E-state index in [1.54, 1.807) is 0 Å². The van der Waals surface area contributed by atoms with Gasteiger partial charge in [0.05, 0.1) is 6.10 Å². The molecule has 1 fully saturated rings. The highest BCUT2D eigenvalue weighted by atomic mass is 16.6. The van der Waals surface area contributed by atoms with Gasteiger partial charge in [0.15, 0.2) is 6.29 Å². The summed E-state index contributed by atoms with van der Waals surface area (Å²) < 4.78 is 4.68. The third kappa shape index (κ3) is 1.52. The quantitative estimate of drug-likeness (QED) is 0.326. The summed E-state index contributed by atoms with van der Waals surface area (Å²) in [5.41, 5.74) is 0. The maximum atomic E-state index is 9.09. The van der Waals surface area contributed by atoms with Crippen LogP contribution in [0.1, 0.15) is 6.92 Å². The molecule has 11 heavy (non-hydrogen) atoms. The Morgan fingerprint density at radius 2 is 1.45 bits per heavy atom. The Morgan fingerprint density at radius 1 is 0.909 bits per heavy atom. The van der Waals surface area contributed by atoms with Crippen molar-refractivity contribution in [1.82, 2.24) is 0 Å². The number of aliphatic hydroxyl groups is 4. The van der Waals surface area contributed by atoms with Crippen LogP contribution in [0.4, 0.5) is 0 Å². The molecule has 5 nitrogen and oxygen atoms in total. The minimum Gasteiger partial charge on any atom is -0.388 e. The van der Waals surface area contributed by atoms with E-state index in [1.165, 1.54) is 6.92 Å². The van der Waals surface area contributed by atoms with E-state index in [-0.39, 0.29) is 0 Å². The lowest BCUT2D eigenvalue weighted by molar-refractivity contribution is -0.277. The second kappa shape index (κ2) is 3.04. The standard InChI is InChI=1S/C6H12O5/c1-2-3(7)4(8)5(9)6(10)11-2/h2-10H,1H3/t2-,3+,4-,5-,6-/m0/s1. The number of hydrogen-bond donors (Lipinski definition) is 4. The van der Waals surface area contributed by atoms with Crippen molar-refractivity contribution in [3.05, 3.63) is 0 Å². The molecule has 0 spiro atoms.